The Bertz CT molecular complexity index is 10900. The van der Waals surface area contributed by atoms with Crippen molar-refractivity contribution in [3.63, 3.8) is 0 Å². The lowest BCUT2D eigenvalue weighted by molar-refractivity contribution is 1.01. The van der Waals surface area contributed by atoms with Gasteiger partial charge in [-0.2, -0.15) is 0 Å². The van der Waals surface area contributed by atoms with Crippen LogP contribution < -0.4 is 0 Å². The Balaban J connectivity index is 0.0000000953. The van der Waals surface area contributed by atoms with Gasteiger partial charge in [-0.05, 0) is 171 Å². The summed E-state index contributed by atoms with van der Waals surface area (Å²) < 4.78 is 14.6. The molecule has 0 fully saturated rings. The van der Waals surface area contributed by atoms with Crippen LogP contribution in [0.15, 0.2) is 461 Å². The summed E-state index contributed by atoms with van der Waals surface area (Å²) >= 11 is 25.3. The lowest BCUT2D eigenvalue weighted by Crippen LogP contribution is -2.04. The first-order valence-electron chi connectivity index (χ1n) is 49.8. The average Bonchev–Trinajstić information content (AvgIpc) is 1.51. The normalized spacial score (nSPS) is 12.1. The maximum absolute atomic E-state index is 7.11. The number of thiophene rings is 3. The summed E-state index contributed by atoms with van der Waals surface area (Å²) in [5, 5.41) is 26.5. The molecule has 149 heavy (non-hydrogen) atoms. The number of fused-ring (bicyclic) bond motifs is 30. The Kier molecular flexibility index (Phi) is 21.3. The molecule has 2 aliphatic carbocycles. The summed E-state index contributed by atoms with van der Waals surface area (Å²) in [5.74, 6) is 1.29. The number of aromatic nitrogens is 9. The van der Waals surface area contributed by atoms with Crippen LogP contribution in [0.1, 0.15) is 22.3 Å². The van der Waals surface area contributed by atoms with Crippen LogP contribution >= 0.6 is 68.8 Å². The lowest BCUT2D eigenvalue weighted by atomic mass is 10.0. The second-order valence-corrected chi connectivity index (χ2v) is 42.4. The van der Waals surface area contributed by atoms with E-state index in [1.165, 1.54) is 149 Å². The Morgan fingerprint density at radius 3 is 0.987 bits per heavy atom. The summed E-state index contributed by atoms with van der Waals surface area (Å²) in [7, 11) is 0. The van der Waals surface area contributed by atoms with Crippen LogP contribution in [0.3, 0.4) is 0 Å². The second kappa shape index (κ2) is 36.1. The van der Waals surface area contributed by atoms with E-state index >= 15 is 0 Å². The van der Waals surface area contributed by atoms with Crippen LogP contribution in [-0.2, 0) is 12.8 Å². The second-order valence-electron chi connectivity index (χ2n) is 38.1. The summed E-state index contributed by atoms with van der Waals surface area (Å²) in [5.41, 5.74) is 27.3. The molecular weight excluding hydrogens is 1940 g/mol. The van der Waals surface area contributed by atoms with Crippen LogP contribution in [0, 0.1) is 0 Å². The maximum atomic E-state index is 7.11. The highest BCUT2D eigenvalue weighted by Gasteiger charge is 2.29. The third kappa shape index (κ3) is 14.8. The van der Waals surface area contributed by atoms with Crippen molar-refractivity contribution in [2.75, 3.05) is 0 Å². The van der Waals surface area contributed by atoms with Gasteiger partial charge in [0, 0.05) is 147 Å². The standard InChI is InChI=1S/C48H28N4S.C36H20ClN3S.C20H11ClN2S.C17H11Cl.C13H10/c1-2-14-31-29(13-1)27-42-45(47(31)51-39-21-9-4-15-32(39)33-16-5-10-22-40(33)51)37-19-6-11-23-41(37)52(42)48-49-38-20-8-3-18-36(38)46(50-48)30-25-26-35-34-17-7-12-24-43(34)53-44(35)28-30;37-34-23-10-2-1-9-21(23)19-30-33(34)27-13-4-7-15-29(27)40(30)36-38-28-14-6-3-12-26(28)35(39-36)22-17-18-25-24-11-5-8-16-31(24)41-32(25)20-22;21-20-22-16-7-3-1-6-15(16)19(23-20)12-9-10-14-13-5-2-4-8-17(13)24-18(14)11-12;18-17-15-8-4-2-6-12(15)10-13-9-11-5-1-3-7-14(11)16(13)17;1-3-7-12-10(5-1)9-11-6-2-4-8-13(11)12/h1-28H;1-20H;1-11H;1-8,10H,9H2;1-8H,9H2. The zero-order valence-corrected chi connectivity index (χ0v) is 84.4. The van der Waals surface area contributed by atoms with Crippen LogP contribution in [0.5, 0.6) is 0 Å². The zero-order valence-electron chi connectivity index (χ0n) is 79.7. The van der Waals surface area contributed by atoms with Crippen molar-refractivity contribution in [1.82, 2.24) is 43.6 Å². The van der Waals surface area contributed by atoms with E-state index in [1.54, 1.807) is 11.3 Å². The molecule has 0 N–H and O–H groups in total. The summed E-state index contributed by atoms with van der Waals surface area (Å²) in [4.78, 5) is 30.0. The minimum Gasteiger partial charge on any atom is -0.308 e. The molecule has 0 amide bonds. The summed E-state index contributed by atoms with van der Waals surface area (Å²) in [6.07, 6.45) is 2.10. The van der Waals surface area contributed by atoms with Crippen LogP contribution in [-0.4, -0.2) is 43.6 Å². The number of hydrogen-bond donors (Lipinski definition) is 0. The van der Waals surface area contributed by atoms with Gasteiger partial charge in [0.2, 0.25) is 17.2 Å². The maximum Gasteiger partial charge on any atom is 0.235 e. The molecule has 0 spiro atoms. The van der Waals surface area contributed by atoms with Gasteiger partial charge in [-0.1, -0.05) is 393 Å². The molecule has 0 saturated heterocycles. The molecule has 2 aliphatic rings. The largest absolute Gasteiger partial charge is 0.308 e. The molecule has 9 heterocycles. The third-order valence-corrected chi connectivity index (χ3v) is 34.0. The molecule has 0 aliphatic heterocycles. The highest BCUT2D eigenvalue weighted by atomic mass is 35.5. The molecule has 9 nitrogen and oxygen atoms in total. The van der Waals surface area contributed by atoms with Crippen molar-refractivity contribution in [2.24, 2.45) is 0 Å². The van der Waals surface area contributed by atoms with Gasteiger partial charge < -0.3 is 4.57 Å². The van der Waals surface area contributed by atoms with E-state index in [9.17, 15) is 0 Å². The van der Waals surface area contributed by atoms with Crippen molar-refractivity contribution in [1.29, 1.82) is 0 Å². The van der Waals surface area contributed by atoms with Gasteiger partial charge in [0.1, 0.15) is 0 Å². The molecular formula is C134H80Cl3N9S3. The van der Waals surface area contributed by atoms with E-state index in [-0.39, 0.29) is 5.28 Å². The predicted octanol–water partition coefficient (Wildman–Crippen LogP) is 38.2. The molecule has 9 aromatic heterocycles. The fourth-order valence-electron chi connectivity index (χ4n) is 23.0. The molecule has 0 atom stereocenters. The van der Waals surface area contributed by atoms with Gasteiger partial charge >= 0.3 is 0 Å². The van der Waals surface area contributed by atoms with Crippen molar-refractivity contribution >= 4 is 260 Å². The topological polar surface area (TPSA) is 92.1 Å². The van der Waals surface area contributed by atoms with Gasteiger partial charge in [-0.25, -0.2) is 29.9 Å². The minimum absolute atomic E-state index is 0.278. The van der Waals surface area contributed by atoms with Gasteiger partial charge in [-0.3, -0.25) is 9.13 Å². The van der Waals surface area contributed by atoms with Crippen molar-refractivity contribution < 1.29 is 0 Å². The number of nitrogens with zero attached hydrogens (tertiary/aromatic N) is 9. The van der Waals surface area contributed by atoms with Gasteiger partial charge in [-0.15, -0.1) is 34.0 Å². The highest BCUT2D eigenvalue weighted by Crippen LogP contribution is 2.51. The smallest absolute Gasteiger partial charge is 0.235 e. The molecule has 22 aromatic carbocycles. The van der Waals surface area contributed by atoms with Gasteiger partial charge in [0.05, 0.1) is 82.5 Å². The minimum atomic E-state index is 0.278. The molecule has 700 valence electrons. The quantitative estimate of drug-likeness (QED) is 0.154. The number of benzene rings is 22. The molecule has 0 bridgehead atoms. The molecule has 15 heteroatoms. The number of halogens is 3. The first-order valence-corrected chi connectivity index (χ1v) is 53.4. The van der Waals surface area contributed by atoms with E-state index in [0.717, 1.165) is 149 Å². The molecule has 0 unspecified atom stereocenters. The first-order chi connectivity index (χ1) is 73.6. The van der Waals surface area contributed by atoms with Gasteiger partial charge in [0.25, 0.3) is 0 Å². The average molecular weight is 2020 g/mol. The highest BCUT2D eigenvalue weighted by molar-refractivity contribution is 7.26. The molecule has 0 radical (unpaired) electrons. The fourth-order valence-corrected chi connectivity index (χ4v) is 27.4. The Hall–Kier alpha value is -17.4. The molecule has 33 rings (SSSR count). The summed E-state index contributed by atoms with van der Waals surface area (Å²) in [6, 6.07) is 163. The molecule has 0 saturated carbocycles. The van der Waals surface area contributed by atoms with Crippen molar-refractivity contribution in [3.05, 3.63) is 499 Å². The van der Waals surface area contributed by atoms with E-state index in [0.29, 0.717) is 11.9 Å². The third-order valence-electron chi connectivity index (χ3n) is 29.6. The van der Waals surface area contributed by atoms with Crippen LogP contribution in [0.2, 0.25) is 15.3 Å². The fraction of sp³-hybridized carbons (Fsp3) is 0.0149. The van der Waals surface area contributed by atoms with Crippen molar-refractivity contribution in [2.45, 2.75) is 12.8 Å². The predicted molar refractivity (Wildman–Crippen MR) is 634 cm³/mol. The van der Waals surface area contributed by atoms with Crippen LogP contribution in [0.4, 0.5) is 0 Å². The van der Waals surface area contributed by atoms with Crippen molar-refractivity contribution in [3.8, 4) is 73.6 Å². The Morgan fingerprint density at radius 1 is 0.201 bits per heavy atom. The lowest BCUT2D eigenvalue weighted by Gasteiger charge is -2.15. The van der Waals surface area contributed by atoms with E-state index in [4.69, 9.17) is 54.7 Å². The number of rotatable bonds is 6. The van der Waals surface area contributed by atoms with E-state index in [1.807, 2.05) is 71.2 Å². The zero-order chi connectivity index (χ0) is 98.6. The Labute approximate surface area is 881 Å². The van der Waals surface area contributed by atoms with E-state index < -0.39 is 0 Å². The molecule has 31 aromatic rings. The number of hydrogen-bond acceptors (Lipinski definition) is 9. The monoisotopic (exact) mass is 2020 g/mol. The first kappa shape index (κ1) is 88.1. The SMILES string of the molecule is Clc1c2c(cc3ccccc13)Cc1ccccc1-2.Clc1c2ccccc2cc2c1c1ccccc1n2-c1nc(-c2ccc3c(c2)sc2ccccc23)c2ccccc2n1.Clc1nc(-c2ccc3c(c2)sc2ccccc23)c2ccccc2n1.c1ccc2c(-n3c4ccccc4c4ccccc43)c3c4ccccc4n(-c4nc(-c5ccc6c(c5)sc5ccccc56)c5ccccc5n4)c3cc2c1.c1ccc2c(c1)Cc1ccccc1-2. The van der Waals surface area contributed by atoms with E-state index in [2.05, 4.69) is 436 Å². The number of para-hydroxylation sites is 7. The summed E-state index contributed by atoms with van der Waals surface area (Å²) in [6.45, 7) is 0. The Morgan fingerprint density at radius 2 is 0.517 bits per heavy atom. The van der Waals surface area contributed by atoms with Crippen LogP contribution in [0.25, 0.3) is 265 Å². The van der Waals surface area contributed by atoms with Gasteiger partial charge in [0.15, 0.2) is 0 Å².